The molecule has 1 heterocycles. The van der Waals surface area contributed by atoms with Crippen LogP contribution in [0.25, 0.3) is 0 Å². The molecule has 0 aliphatic carbocycles. The molecule has 144 valence electrons. The molecule has 2 rings (SSSR count). The molecule has 0 spiro atoms. The second-order valence-corrected chi connectivity index (χ2v) is 7.56. The number of carbonyl (C=O) groups is 2. The Bertz CT molecular complexity index is 613. The highest BCUT2D eigenvalue weighted by atomic mass is 19.1. The van der Waals surface area contributed by atoms with E-state index in [1.54, 1.807) is 0 Å². The van der Waals surface area contributed by atoms with Gasteiger partial charge in [-0.25, -0.2) is 9.18 Å². The van der Waals surface area contributed by atoms with Gasteiger partial charge in [0.05, 0.1) is 6.54 Å². The zero-order chi connectivity index (χ0) is 19.2. The summed E-state index contributed by atoms with van der Waals surface area (Å²) in [5.74, 6) is -0.493. The first-order valence-corrected chi connectivity index (χ1v) is 8.99. The van der Waals surface area contributed by atoms with E-state index in [4.69, 9.17) is 4.74 Å². The van der Waals surface area contributed by atoms with Crippen LogP contribution in [0.15, 0.2) is 24.3 Å². The average Bonchev–Trinajstić information content (AvgIpc) is 2.54. The largest absolute Gasteiger partial charge is 0.444 e. The number of carbonyl (C=O) groups excluding carboxylic acids is 2. The van der Waals surface area contributed by atoms with Gasteiger partial charge in [-0.05, 0) is 64.4 Å². The average molecular weight is 365 g/mol. The van der Waals surface area contributed by atoms with Crippen LogP contribution in [0.2, 0.25) is 0 Å². The van der Waals surface area contributed by atoms with Crippen molar-refractivity contribution >= 4 is 17.7 Å². The monoisotopic (exact) mass is 365 g/mol. The number of nitrogens with zero attached hydrogens (tertiary/aromatic N) is 1. The third-order valence-electron chi connectivity index (χ3n) is 4.10. The first-order chi connectivity index (χ1) is 12.2. The van der Waals surface area contributed by atoms with Gasteiger partial charge in [0.15, 0.2) is 0 Å². The van der Waals surface area contributed by atoms with Crippen molar-refractivity contribution < 1.29 is 18.7 Å². The number of halogens is 1. The van der Waals surface area contributed by atoms with E-state index in [1.165, 1.54) is 24.3 Å². The van der Waals surface area contributed by atoms with Crippen LogP contribution in [0.1, 0.15) is 40.0 Å². The van der Waals surface area contributed by atoms with Crippen molar-refractivity contribution in [3.05, 3.63) is 30.1 Å². The summed E-state index contributed by atoms with van der Waals surface area (Å²) in [5, 5.41) is 5.57. The Kier molecular flexibility index (Phi) is 6.97. The SMILES string of the molecule is CC(C)(C)OC(=O)NCC1CCCCN1CC(=O)Nc1ccc(F)cc1. The van der Waals surface area contributed by atoms with Crippen molar-refractivity contribution in [3.63, 3.8) is 0 Å². The predicted octanol–water partition coefficient (Wildman–Crippen LogP) is 3.14. The normalized spacial score (nSPS) is 18.2. The van der Waals surface area contributed by atoms with Crippen LogP contribution in [-0.4, -0.2) is 48.2 Å². The van der Waals surface area contributed by atoms with Crippen LogP contribution in [0, 0.1) is 5.82 Å². The van der Waals surface area contributed by atoms with Crippen molar-refractivity contribution in [2.75, 3.05) is 25.0 Å². The molecule has 1 aliphatic rings. The van der Waals surface area contributed by atoms with Crippen molar-refractivity contribution in [2.45, 2.75) is 51.7 Å². The fourth-order valence-electron chi connectivity index (χ4n) is 2.93. The second kappa shape index (κ2) is 8.98. The molecule has 1 atom stereocenters. The van der Waals surface area contributed by atoms with Crippen LogP contribution in [0.3, 0.4) is 0 Å². The zero-order valence-corrected chi connectivity index (χ0v) is 15.7. The second-order valence-electron chi connectivity index (χ2n) is 7.56. The van der Waals surface area contributed by atoms with E-state index in [9.17, 15) is 14.0 Å². The number of anilines is 1. The minimum absolute atomic E-state index is 0.0928. The minimum Gasteiger partial charge on any atom is -0.444 e. The van der Waals surface area contributed by atoms with Crippen LogP contribution < -0.4 is 10.6 Å². The van der Waals surface area contributed by atoms with Crippen LogP contribution in [0.5, 0.6) is 0 Å². The molecule has 0 aromatic heterocycles. The van der Waals surface area contributed by atoms with Gasteiger partial charge in [0.25, 0.3) is 0 Å². The lowest BCUT2D eigenvalue weighted by Crippen LogP contribution is -2.49. The molecule has 1 fully saturated rings. The van der Waals surface area contributed by atoms with Crippen molar-refractivity contribution in [1.29, 1.82) is 0 Å². The number of alkyl carbamates (subject to hydrolysis) is 1. The van der Waals surface area contributed by atoms with Crippen LogP contribution >= 0.6 is 0 Å². The van der Waals surface area contributed by atoms with E-state index in [2.05, 4.69) is 15.5 Å². The third-order valence-corrected chi connectivity index (χ3v) is 4.10. The topological polar surface area (TPSA) is 70.7 Å². The Morgan fingerprint density at radius 2 is 1.92 bits per heavy atom. The van der Waals surface area contributed by atoms with E-state index < -0.39 is 11.7 Å². The summed E-state index contributed by atoms with van der Waals surface area (Å²) in [5.41, 5.74) is 0.0302. The number of hydrogen-bond acceptors (Lipinski definition) is 4. The van der Waals surface area contributed by atoms with Gasteiger partial charge in [-0.15, -0.1) is 0 Å². The van der Waals surface area contributed by atoms with Gasteiger partial charge < -0.3 is 15.4 Å². The van der Waals surface area contributed by atoms with Gasteiger partial charge in [-0.2, -0.15) is 0 Å². The summed E-state index contributed by atoms with van der Waals surface area (Å²) in [6.45, 7) is 6.94. The number of piperidine rings is 1. The smallest absolute Gasteiger partial charge is 0.407 e. The highest BCUT2D eigenvalue weighted by molar-refractivity contribution is 5.92. The molecule has 6 nitrogen and oxygen atoms in total. The van der Waals surface area contributed by atoms with Gasteiger partial charge in [0, 0.05) is 18.3 Å². The molecule has 0 saturated carbocycles. The lowest BCUT2D eigenvalue weighted by molar-refractivity contribution is -0.118. The van der Waals surface area contributed by atoms with Gasteiger partial charge in [0.1, 0.15) is 11.4 Å². The molecule has 1 aliphatic heterocycles. The molecule has 0 bridgehead atoms. The third kappa shape index (κ3) is 7.00. The highest BCUT2D eigenvalue weighted by Crippen LogP contribution is 2.17. The quantitative estimate of drug-likeness (QED) is 0.841. The molecular weight excluding hydrogens is 337 g/mol. The standard InChI is InChI=1S/C19H28FN3O3/c1-19(2,3)26-18(25)21-12-16-6-4-5-11-23(16)13-17(24)22-15-9-7-14(20)8-10-15/h7-10,16H,4-6,11-13H2,1-3H3,(H,21,25)(H,22,24). The number of nitrogens with one attached hydrogen (secondary N) is 2. The van der Waals surface area contributed by atoms with E-state index in [0.29, 0.717) is 12.2 Å². The molecule has 1 aromatic rings. The van der Waals surface area contributed by atoms with Crippen LogP contribution in [-0.2, 0) is 9.53 Å². The summed E-state index contributed by atoms with van der Waals surface area (Å²) >= 11 is 0. The van der Waals surface area contributed by atoms with E-state index >= 15 is 0 Å². The molecule has 0 radical (unpaired) electrons. The molecule has 7 heteroatoms. The van der Waals surface area contributed by atoms with E-state index in [-0.39, 0.29) is 24.3 Å². The minimum atomic E-state index is -0.536. The Morgan fingerprint density at radius 1 is 1.23 bits per heavy atom. The van der Waals surface area contributed by atoms with Crippen molar-refractivity contribution in [2.24, 2.45) is 0 Å². The summed E-state index contributed by atoms with van der Waals surface area (Å²) in [6.07, 6.45) is 2.56. The van der Waals surface area contributed by atoms with Crippen LogP contribution in [0.4, 0.5) is 14.9 Å². The lowest BCUT2D eigenvalue weighted by atomic mass is 10.0. The number of likely N-dealkylation sites (tertiary alicyclic amines) is 1. The Balaban J connectivity index is 1.84. The molecule has 2 N–H and O–H groups in total. The molecule has 1 unspecified atom stereocenters. The maximum Gasteiger partial charge on any atom is 0.407 e. The van der Waals surface area contributed by atoms with Gasteiger partial charge in [-0.3, -0.25) is 9.69 Å². The molecule has 1 aromatic carbocycles. The maximum absolute atomic E-state index is 12.9. The van der Waals surface area contributed by atoms with E-state index in [0.717, 1.165) is 25.8 Å². The number of amides is 2. The molecule has 1 saturated heterocycles. The lowest BCUT2D eigenvalue weighted by Gasteiger charge is -2.35. The number of rotatable bonds is 5. The van der Waals surface area contributed by atoms with E-state index in [1.807, 2.05) is 20.8 Å². The summed E-state index contributed by atoms with van der Waals surface area (Å²) < 4.78 is 18.2. The Hall–Kier alpha value is -2.15. The first kappa shape index (κ1) is 20.2. The maximum atomic E-state index is 12.9. The van der Waals surface area contributed by atoms with Crippen molar-refractivity contribution in [3.8, 4) is 0 Å². The molecule has 26 heavy (non-hydrogen) atoms. The number of hydrogen-bond donors (Lipinski definition) is 2. The number of ether oxygens (including phenoxy) is 1. The van der Waals surface area contributed by atoms with Crippen molar-refractivity contribution in [1.82, 2.24) is 10.2 Å². The van der Waals surface area contributed by atoms with Gasteiger partial charge in [0.2, 0.25) is 5.91 Å². The summed E-state index contributed by atoms with van der Waals surface area (Å²) in [7, 11) is 0. The fraction of sp³-hybridized carbons (Fsp3) is 0.579. The van der Waals surface area contributed by atoms with Gasteiger partial charge in [-0.1, -0.05) is 6.42 Å². The predicted molar refractivity (Wildman–Crippen MR) is 98.5 cm³/mol. The zero-order valence-electron chi connectivity index (χ0n) is 15.7. The Morgan fingerprint density at radius 3 is 2.58 bits per heavy atom. The molecule has 2 amide bonds. The number of benzene rings is 1. The fourth-order valence-corrected chi connectivity index (χ4v) is 2.93. The summed E-state index contributed by atoms with van der Waals surface area (Å²) in [4.78, 5) is 26.2. The molecular formula is C19H28FN3O3. The first-order valence-electron chi connectivity index (χ1n) is 8.99. The Labute approximate surface area is 154 Å². The highest BCUT2D eigenvalue weighted by Gasteiger charge is 2.25. The summed E-state index contributed by atoms with van der Waals surface area (Å²) in [6, 6.07) is 5.78. The van der Waals surface area contributed by atoms with Gasteiger partial charge >= 0.3 is 6.09 Å².